The van der Waals surface area contributed by atoms with Crippen molar-refractivity contribution in [3.8, 4) is 0 Å². The lowest BCUT2D eigenvalue weighted by molar-refractivity contribution is -0.138. The van der Waals surface area contributed by atoms with Gasteiger partial charge in [-0.25, -0.2) is 0 Å². The van der Waals surface area contributed by atoms with Crippen LogP contribution in [0.1, 0.15) is 70.6 Å². The average molecular weight is 278 g/mol. The number of nitrogens with one attached hydrogen (secondary N) is 1. The van der Waals surface area contributed by atoms with Gasteiger partial charge >= 0.3 is 0 Å². The normalized spacial score (nSPS) is 36.5. The molecule has 0 aromatic heterocycles. The Morgan fingerprint density at radius 2 is 1.65 bits per heavy atom. The Morgan fingerprint density at radius 1 is 0.900 bits per heavy atom. The number of rotatable bonds is 2. The molecule has 1 amide bonds. The third-order valence-corrected chi connectivity index (χ3v) is 5.92. The topological polar surface area (TPSA) is 32.3 Å². The average Bonchev–Trinajstić information content (AvgIpc) is 2.69. The maximum atomic E-state index is 13.0. The Balaban J connectivity index is 1.83. The predicted molar refractivity (Wildman–Crippen MR) is 81.5 cm³/mol. The highest BCUT2D eigenvalue weighted by atomic mass is 16.2. The molecule has 3 unspecified atom stereocenters. The molecule has 3 atom stereocenters. The number of hydrogen-bond donors (Lipinski definition) is 1. The van der Waals surface area contributed by atoms with Gasteiger partial charge in [-0.15, -0.1) is 0 Å². The summed E-state index contributed by atoms with van der Waals surface area (Å²) in [5.41, 5.74) is 0. The second kappa shape index (κ2) is 6.46. The van der Waals surface area contributed by atoms with Crippen molar-refractivity contribution in [3.63, 3.8) is 0 Å². The summed E-state index contributed by atoms with van der Waals surface area (Å²) in [7, 11) is 1.95. The second-order valence-electron chi connectivity index (χ2n) is 7.07. The summed E-state index contributed by atoms with van der Waals surface area (Å²) in [6.07, 6.45) is 14.1. The van der Waals surface area contributed by atoms with Gasteiger partial charge in [0, 0.05) is 12.1 Å². The van der Waals surface area contributed by atoms with Crippen LogP contribution in [0, 0.1) is 5.92 Å². The summed E-state index contributed by atoms with van der Waals surface area (Å²) >= 11 is 0. The minimum Gasteiger partial charge on any atom is -0.335 e. The zero-order valence-corrected chi connectivity index (χ0v) is 12.9. The number of nitrogens with zero attached hydrogens (tertiary/aromatic N) is 1. The maximum absolute atomic E-state index is 13.0. The molecule has 1 aliphatic heterocycles. The molecule has 1 N–H and O–H groups in total. The van der Waals surface area contributed by atoms with E-state index in [0.717, 1.165) is 12.3 Å². The van der Waals surface area contributed by atoms with Crippen LogP contribution in [0.3, 0.4) is 0 Å². The van der Waals surface area contributed by atoms with E-state index >= 15 is 0 Å². The van der Waals surface area contributed by atoms with E-state index in [0.29, 0.717) is 18.0 Å². The van der Waals surface area contributed by atoms with Crippen LogP contribution >= 0.6 is 0 Å². The van der Waals surface area contributed by atoms with Crippen molar-refractivity contribution in [3.05, 3.63) is 0 Å². The van der Waals surface area contributed by atoms with Gasteiger partial charge < -0.3 is 10.2 Å². The van der Waals surface area contributed by atoms with Gasteiger partial charge in [-0.05, 0) is 51.5 Å². The van der Waals surface area contributed by atoms with Gasteiger partial charge in [-0.1, -0.05) is 32.1 Å². The van der Waals surface area contributed by atoms with Crippen LogP contribution < -0.4 is 5.32 Å². The molecule has 114 valence electrons. The Hall–Kier alpha value is -0.570. The molecule has 1 saturated heterocycles. The second-order valence-corrected chi connectivity index (χ2v) is 7.07. The maximum Gasteiger partial charge on any atom is 0.240 e. The molecule has 1 heterocycles. The summed E-state index contributed by atoms with van der Waals surface area (Å²) in [6.45, 7) is 0. The standard InChI is InChI=1S/C17H30N2O/c1-18-15-12-11-13-7-6-10-16(13)19(17(15)20)14-8-4-2-3-5-9-14/h13-16,18H,2-12H2,1H3. The molecule has 3 heteroatoms. The molecule has 2 saturated carbocycles. The quantitative estimate of drug-likeness (QED) is 0.787. The number of likely N-dealkylation sites (tertiary alicyclic amines) is 1. The first-order valence-electron chi connectivity index (χ1n) is 8.80. The number of fused-ring (bicyclic) bond motifs is 1. The van der Waals surface area contributed by atoms with Gasteiger partial charge in [-0.2, -0.15) is 0 Å². The van der Waals surface area contributed by atoms with E-state index in [-0.39, 0.29) is 6.04 Å². The Kier molecular flexibility index (Phi) is 4.65. The highest BCUT2D eigenvalue weighted by Crippen LogP contribution is 2.39. The molecule has 0 radical (unpaired) electrons. The molecule has 2 aliphatic carbocycles. The summed E-state index contributed by atoms with van der Waals surface area (Å²) < 4.78 is 0. The lowest BCUT2D eigenvalue weighted by atomic mass is 9.96. The van der Waals surface area contributed by atoms with E-state index in [1.807, 2.05) is 7.05 Å². The first kappa shape index (κ1) is 14.4. The van der Waals surface area contributed by atoms with Crippen LogP contribution in [-0.2, 0) is 4.79 Å². The number of carbonyl (C=O) groups is 1. The molecule has 3 aliphatic rings. The van der Waals surface area contributed by atoms with Gasteiger partial charge in [0.25, 0.3) is 0 Å². The van der Waals surface area contributed by atoms with E-state index in [1.165, 1.54) is 64.2 Å². The first-order chi connectivity index (χ1) is 9.81. The van der Waals surface area contributed by atoms with Crippen molar-refractivity contribution < 1.29 is 4.79 Å². The van der Waals surface area contributed by atoms with E-state index in [9.17, 15) is 4.79 Å². The lowest BCUT2D eigenvalue weighted by Gasteiger charge is -2.38. The Labute approximate surface area is 123 Å². The third-order valence-electron chi connectivity index (χ3n) is 5.92. The molecule has 3 rings (SSSR count). The number of hydrogen-bond acceptors (Lipinski definition) is 2. The van der Waals surface area contributed by atoms with Crippen molar-refractivity contribution in [2.75, 3.05) is 7.05 Å². The van der Waals surface area contributed by atoms with Crippen LogP contribution in [0.4, 0.5) is 0 Å². The summed E-state index contributed by atoms with van der Waals surface area (Å²) in [5.74, 6) is 1.19. The van der Waals surface area contributed by atoms with Gasteiger partial charge in [-0.3, -0.25) is 4.79 Å². The Bertz CT molecular complexity index is 336. The van der Waals surface area contributed by atoms with Crippen molar-refractivity contribution in [1.82, 2.24) is 10.2 Å². The summed E-state index contributed by atoms with van der Waals surface area (Å²) in [4.78, 5) is 15.4. The van der Waals surface area contributed by atoms with Crippen LogP contribution in [0.5, 0.6) is 0 Å². The van der Waals surface area contributed by atoms with Crippen molar-refractivity contribution in [2.24, 2.45) is 5.92 Å². The van der Waals surface area contributed by atoms with Gasteiger partial charge in [0.1, 0.15) is 0 Å². The lowest BCUT2D eigenvalue weighted by Crippen LogP contribution is -2.52. The van der Waals surface area contributed by atoms with E-state index in [1.54, 1.807) is 0 Å². The van der Waals surface area contributed by atoms with Crippen molar-refractivity contribution in [1.29, 1.82) is 0 Å². The fourth-order valence-electron chi connectivity index (χ4n) is 4.82. The fraction of sp³-hybridized carbons (Fsp3) is 0.941. The molecule has 3 fully saturated rings. The van der Waals surface area contributed by atoms with E-state index < -0.39 is 0 Å². The monoisotopic (exact) mass is 278 g/mol. The molecular formula is C17H30N2O. The molecule has 0 aromatic rings. The SMILES string of the molecule is CNC1CCC2CCCC2N(C2CCCCCC2)C1=O. The van der Waals surface area contributed by atoms with Crippen LogP contribution in [0.15, 0.2) is 0 Å². The smallest absolute Gasteiger partial charge is 0.240 e. The first-order valence-corrected chi connectivity index (χ1v) is 8.80. The molecule has 0 spiro atoms. The highest BCUT2D eigenvalue weighted by molar-refractivity contribution is 5.83. The molecule has 0 aromatic carbocycles. The zero-order chi connectivity index (χ0) is 13.9. The highest BCUT2D eigenvalue weighted by Gasteiger charge is 2.42. The molecule has 3 nitrogen and oxygen atoms in total. The summed E-state index contributed by atoms with van der Waals surface area (Å²) in [6, 6.07) is 1.16. The van der Waals surface area contributed by atoms with Gasteiger partial charge in [0.15, 0.2) is 0 Å². The van der Waals surface area contributed by atoms with E-state index in [4.69, 9.17) is 0 Å². The van der Waals surface area contributed by atoms with Crippen molar-refractivity contribution >= 4 is 5.91 Å². The number of amides is 1. The van der Waals surface area contributed by atoms with Gasteiger partial charge in [0.2, 0.25) is 5.91 Å². The molecular weight excluding hydrogens is 248 g/mol. The molecule has 20 heavy (non-hydrogen) atoms. The minimum absolute atomic E-state index is 0.0730. The number of likely N-dealkylation sites (N-methyl/N-ethyl adjacent to an activating group) is 1. The van der Waals surface area contributed by atoms with E-state index in [2.05, 4.69) is 10.2 Å². The molecule has 0 bridgehead atoms. The number of carbonyl (C=O) groups excluding carboxylic acids is 1. The largest absolute Gasteiger partial charge is 0.335 e. The van der Waals surface area contributed by atoms with Crippen LogP contribution in [0.2, 0.25) is 0 Å². The Morgan fingerprint density at radius 3 is 2.35 bits per heavy atom. The van der Waals surface area contributed by atoms with Gasteiger partial charge in [0.05, 0.1) is 6.04 Å². The van der Waals surface area contributed by atoms with Crippen molar-refractivity contribution in [2.45, 2.75) is 88.8 Å². The van der Waals surface area contributed by atoms with Crippen LogP contribution in [-0.4, -0.2) is 36.0 Å². The van der Waals surface area contributed by atoms with Crippen LogP contribution in [0.25, 0.3) is 0 Å². The zero-order valence-electron chi connectivity index (χ0n) is 12.9. The fourth-order valence-corrected chi connectivity index (χ4v) is 4.82. The minimum atomic E-state index is 0.0730. The predicted octanol–water partition coefficient (Wildman–Crippen LogP) is 3.09. The third kappa shape index (κ3) is 2.74. The summed E-state index contributed by atoms with van der Waals surface area (Å²) in [5, 5.41) is 3.28.